The number of likely N-dealkylation sites (N-methyl/N-ethyl adjacent to an activating group) is 1. The number of hydrogen-bond acceptors (Lipinski definition) is 3. The average molecular weight is 186 g/mol. The van der Waals surface area contributed by atoms with E-state index in [9.17, 15) is 4.79 Å². The second-order valence-electron chi connectivity index (χ2n) is 2.21. The molecule has 13 heavy (non-hydrogen) atoms. The van der Waals surface area contributed by atoms with Gasteiger partial charge in [-0.25, -0.2) is 4.98 Å². The Hall–Kier alpha value is -1.32. The summed E-state index contributed by atoms with van der Waals surface area (Å²) >= 11 is 0. The first-order valence-electron chi connectivity index (χ1n) is 4.34. The Morgan fingerprint density at radius 3 is 2.69 bits per heavy atom. The van der Waals surface area contributed by atoms with Crippen LogP contribution in [0.4, 0.5) is 0 Å². The number of carbonyl (C=O) groups excluding carboxylic acids is 1. The number of rotatable bonds is 2. The SMILES string of the molecule is CC.CNC(=O)Cc1coc(C)n1.[HH]. The van der Waals surface area contributed by atoms with Crippen LogP contribution in [0.25, 0.3) is 0 Å². The lowest BCUT2D eigenvalue weighted by molar-refractivity contribution is -0.120. The summed E-state index contributed by atoms with van der Waals surface area (Å²) in [4.78, 5) is 14.8. The van der Waals surface area contributed by atoms with Crippen LogP contribution in [0.5, 0.6) is 0 Å². The van der Waals surface area contributed by atoms with Crippen molar-refractivity contribution in [1.82, 2.24) is 10.3 Å². The van der Waals surface area contributed by atoms with Gasteiger partial charge in [-0.3, -0.25) is 4.79 Å². The highest BCUT2D eigenvalue weighted by molar-refractivity contribution is 5.77. The molecule has 0 aliphatic carbocycles. The van der Waals surface area contributed by atoms with E-state index in [1.165, 1.54) is 6.26 Å². The lowest BCUT2D eigenvalue weighted by Gasteiger charge is -1.92. The van der Waals surface area contributed by atoms with E-state index in [0.717, 1.165) is 0 Å². The summed E-state index contributed by atoms with van der Waals surface area (Å²) in [6.07, 6.45) is 1.78. The number of aromatic nitrogens is 1. The van der Waals surface area contributed by atoms with Crippen LogP contribution < -0.4 is 5.32 Å². The van der Waals surface area contributed by atoms with Crippen LogP contribution in [0.15, 0.2) is 10.7 Å². The van der Waals surface area contributed by atoms with Gasteiger partial charge in [0.05, 0.1) is 12.1 Å². The Kier molecular flexibility index (Phi) is 5.59. The minimum atomic E-state index is -0.0571. The van der Waals surface area contributed by atoms with Crippen LogP contribution in [0, 0.1) is 6.92 Å². The molecule has 4 nitrogen and oxygen atoms in total. The van der Waals surface area contributed by atoms with Crippen LogP contribution in [0.1, 0.15) is 26.9 Å². The molecule has 0 radical (unpaired) electrons. The van der Waals surface area contributed by atoms with E-state index in [2.05, 4.69) is 10.3 Å². The van der Waals surface area contributed by atoms with E-state index < -0.39 is 0 Å². The number of aryl methyl sites for hydroxylation is 1. The van der Waals surface area contributed by atoms with Gasteiger partial charge in [0.1, 0.15) is 6.26 Å². The molecule has 0 saturated carbocycles. The van der Waals surface area contributed by atoms with Gasteiger partial charge in [-0.15, -0.1) is 0 Å². The van der Waals surface area contributed by atoms with Crippen molar-refractivity contribution in [2.45, 2.75) is 27.2 Å². The fraction of sp³-hybridized carbons (Fsp3) is 0.556. The topological polar surface area (TPSA) is 55.1 Å². The molecule has 0 unspecified atom stereocenters. The second-order valence-corrected chi connectivity index (χ2v) is 2.21. The van der Waals surface area contributed by atoms with Gasteiger partial charge < -0.3 is 9.73 Å². The molecule has 0 bridgehead atoms. The standard InChI is InChI=1S/C7H10N2O2.C2H6.H2/c1-5-9-6(4-11-5)3-7(10)8-2;1-2;/h4H,3H2,1-2H3,(H,8,10);1-2H3;1H. The van der Waals surface area contributed by atoms with Gasteiger partial charge in [0, 0.05) is 15.4 Å². The Labute approximate surface area is 79.8 Å². The van der Waals surface area contributed by atoms with Crippen molar-refractivity contribution in [2.75, 3.05) is 7.05 Å². The predicted octanol–water partition coefficient (Wildman–Crippen LogP) is 1.54. The third-order valence-corrected chi connectivity index (χ3v) is 1.29. The summed E-state index contributed by atoms with van der Waals surface area (Å²) in [6, 6.07) is 0. The first-order chi connectivity index (χ1) is 6.22. The van der Waals surface area contributed by atoms with Crippen molar-refractivity contribution in [3.05, 3.63) is 17.8 Å². The van der Waals surface area contributed by atoms with E-state index >= 15 is 0 Å². The molecule has 1 rings (SSSR count). The zero-order valence-corrected chi connectivity index (χ0v) is 8.55. The monoisotopic (exact) mass is 186 g/mol. The largest absolute Gasteiger partial charge is 0.449 e. The zero-order chi connectivity index (χ0) is 10.3. The Morgan fingerprint density at radius 1 is 1.69 bits per heavy atom. The number of oxazole rings is 1. The fourth-order valence-corrected chi connectivity index (χ4v) is 0.742. The minimum Gasteiger partial charge on any atom is -0.449 e. The maximum Gasteiger partial charge on any atom is 0.225 e. The normalized spacial score (nSPS) is 8.62. The molecule has 1 N–H and O–H groups in total. The Balaban J connectivity index is 0. The lowest BCUT2D eigenvalue weighted by Crippen LogP contribution is -2.20. The number of nitrogens with one attached hydrogen (secondary N) is 1. The predicted molar refractivity (Wildman–Crippen MR) is 52.5 cm³/mol. The van der Waals surface area contributed by atoms with Crippen molar-refractivity contribution in [1.29, 1.82) is 0 Å². The summed E-state index contributed by atoms with van der Waals surface area (Å²) in [5, 5.41) is 2.50. The summed E-state index contributed by atoms with van der Waals surface area (Å²) in [7, 11) is 1.59. The molecule has 76 valence electrons. The molecule has 0 atom stereocenters. The van der Waals surface area contributed by atoms with Gasteiger partial charge in [-0.2, -0.15) is 0 Å². The van der Waals surface area contributed by atoms with Crippen LogP contribution in [-0.2, 0) is 11.2 Å². The van der Waals surface area contributed by atoms with E-state index in [0.29, 0.717) is 11.6 Å². The van der Waals surface area contributed by atoms with Gasteiger partial charge in [0.2, 0.25) is 5.91 Å². The summed E-state index contributed by atoms with van der Waals surface area (Å²) in [6.45, 7) is 5.74. The quantitative estimate of drug-likeness (QED) is 0.762. The molecule has 1 aromatic heterocycles. The molecule has 0 saturated heterocycles. The van der Waals surface area contributed by atoms with Crippen molar-refractivity contribution in [2.24, 2.45) is 0 Å². The van der Waals surface area contributed by atoms with Gasteiger partial charge in [0.25, 0.3) is 0 Å². The van der Waals surface area contributed by atoms with Crippen molar-refractivity contribution >= 4 is 5.91 Å². The van der Waals surface area contributed by atoms with Crippen LogP contribution in [-0.4, -0.2) is 17.9 Å². The highest BCUT2D eigenvalue weighted by Gasteiger charge is 2.04. The molecule has 1 aromatic rings. The van der Waals surface area contributed by atoms with Crippen LogP contribution in [0.3, 0.4) is 0 Å². The number of carbonyl (C=O) groups is 1. The molecule has 0 aliphatic heterocycles. The van der Waals surface area contributed by atoms with E-state index in [-0.39, 0.29) is 13.8 Å². The molecule has 1 amide bonds. The van der Waals surface area contributed by atoms with Gasteiger partial charge in [-0.05, 0) is 0 Å². The number of amides is 1. The Morgan fingerprint density at radius 2 is 2.31 bits per heavy atom. The molecule has 1 heterocycles. The molecule has 0 aromatic carbocycles. The van der Waals surface area contributed by atoms with E-state index in [4.69, 9.17) is 4.42 Å². The van der Waals surface area contributed by atoms with Gasteiger partial charge in [-0.1, -0.05) is 13.8 Å². The Bertz CT molecular complexity index is 261. The third-order valence-electron chi connectivity index (χ3n) is 1.29. The number of hydrogen-bond donors (Lipinski definition) is 1. The molecule has 0 fully saturated rings. The van der Waals surface area contributed by atoms with E-state index in [1.54, 1.807) is 14.0 Å². The van der Waals surface area contributed by atoms with Crippen LogP contribution in [0.2, 0.25) is 0 Å². The first-order valence-corrected chi connectivity index (χ1v) is 4.34. The molecular formula is C9H18N2O2. The van der Waals surface area contributed by atoms with Crippen molar-refractivity contribution < 1.29 is 10.6 Å². The van der Waals surface area contributed by atoms with Crippen molar-refractivity contribution in [3.8, 4) is 0 Å². The zero-order valence-electron chi connectivity index (χ0n) is 8.55. The first kappa shape index (κ1) is 11.7. The maximum atomic E-state index is 10.8. The third kappa shape index (κ3) is 4.30. The highest BCUT2D eigenvalue weighted by atomic mass is 16.3. The molecule has 0 spiro atoms. The summed E-state index contributed by atoms with van der Waals surface area (Å²) in [5.74, 6) is 0.530. The van der Waals surface area contributed by atoms with E-state index in [1.807, 2.05) is 13.8 Å². The maximum absolute atomic E-state index is 10.8. The summed E-state index contributed by atoms with van der Waals surface area (Å²) in [5.41, 5.74) is 0.668. The molecule has 4 heteroatoms. The van der Waals surface area contributed by atoms with Crippen LogP contribution >= 0.6 is 0 Å². The second kappa shape index (κ2) is 6.22. The lowest BCUT2D eigenvalue weighted by atomic mass is 10.3. The van der Waals surface area contributed by atoms with Crippen molar-refractivity contribution in [3.63, 3.8) is 0 Å². The minimum absolute atomic E-state index is 0. The average Bonchev–Trinajstić information content (AvgIpc) is 2.54. The highest BCUT2D eigenvalue weighted by Crippen LogP contribution is 2.00. The molecule has 0 aliphatic rings. The fourth-order valence-electron chi connectivity index (χ4n) is 0.742. The molecular weight excluding hydrogens is 168 g/mol. The summed E-state index contributed by atoms with van der Waals surface area (Å²) < 4.78 is 4.92. The number of nitrogens with zero attached hydrogens (tertiary/aromatic N) is 1. The van der Waals surface area contributed by atoms with Gasteiger partial charge in [0.15, 0.2) is 5.89 Å². The smallest absolute Gasteiger partial charge is 0.225 e. The van der Waals surface area contributed by atoms with Gasteiger partial charge >= 0.3 is 0 Å².